The van der Waals surface area contributed by atoms with Gasteiger partial charge in [0.25, 0.3) is 0 Å². The number of nitrogens with one attached hydrogen (secondary N) is 2. The molecule has 6 aromatic rings. The summed E-state index contributed by atoms with van der Waals surface area (Å²) >= 11 is 0. The molecule has 2 aromatic carbocycles. The van der Waals surface area contributed by atoms with E-state index in [1.165, 1.54) is 18.5 Å². The first-order valence-corrected chi connectivity index (χ1v) is 16.4. The van der Waals surface area contributed by atoms with Gasteiger partial charge in [0, 0.05) is 45.8 Å². The van der Waals surface area contributed by atoms with E-state index in [-0.39, 0.29) is 11.7 Å². The minimum atomic E-state index is -0.531. The number of ether oxygens (including phenoxy) is 1. The summed E-state index contributed by atoms with van der Waals surface area (Å²) in [5, 5.41) is 11.8. The number of para-hydroxylation sites is 1. The number of carbonyl (C=O) groups is 1. The third-order valence-electron chi connectivity index (χ3n) is 8.87. The van der Waals surface area contributed by atoms with Crippen LogP contribution in [0.15, 0.2) is 73.4 Å². The summed E-state index contributed by atoms with van der Waals surface area (Å²) in [5.41, 5.74) is 5.43. The molecule has 0 fully saturated rings. The molecule has 4 aromatic heterocycles. The Morgan fingerprint density at radius 1 is 1.04 bits per heavy atom. The van der Waals surface area contributed by atoms with Gasteiger partial charge in [-0.15, -0.1) is 0 Å². The number of pyridine rings is 1. The number of amides is 1. The summed E-state index contributed by atoms with van der Waals surface area (Å²) in [7, 11) is 3.53. The fourth-order valence-electron chi connectivity index (χ4n) is 6.39. The van der Waals surface area contributed by atoms with E-state index in [2.05, 4.69) is 36.3 Å². The van der Waals surface area contributed by atoms with Gasteiger partial charge in [0.05, 0.1) is 59.2 Å². The van der Waals surface area contributed by atoms with Gasteiger partial charge >= 0.3 is 0 Å². The molecule has 5 heterocycles. The predicted octanol–water partition coefficient (Wildman–Crippen LogP) is 4.59. The Kier molecular flexibility index (Phi) is 9.03. The molecule has 13 nitrogen and oxygen atoms in total. The number of rotatable bonds is 4. The molecule has 2 N–H and O–H groups in total. The smallest absolute Gasteiger partial charge is 0.245 e. The molecule has 1 atom stereocenters. The molecule has 2 bridgehead atoms. The number of likely N-dealkylation sites (N-methyl/N-ethyl adjacent to an activating group) is 1. The van der Waals surface area contributed by atoms with E-state index in [1.807, 2.05) is 48.5 Å². The number of aromatic nitrogens is 7. The zero-order chi connectivity index (χ0) is 33.9. The second-order valence-corrected chi connectivity index (χ2v) is 11.8. The number of imidazole rings is 1. The van der Waals surface area contributed by atoms with Gasteiger partial charge in [-0.2, -0.15) is 5.10 Å². The molecule has 49 heavy (non-hydrogen) atoms. The van der Waals surface area contributed by atoms with E-state index in [1.54, 1.807) is 35.9 Å². The van der Waals surface area contributed by atoms with Gasteiger partial charge in [-0.25, -0.2) is 29.0 Å². The highest BCUT2D eigenvalue weighted by molar-refractivity contribution is 5.93. The van der Waals surface area contributed by atoms with Crippen molar-refractivity contribution >= 4 is 45.3 Å². The van der Waals surface area contributed by atoms with Crippen molar-refractivity contribution in [2.75, 3.05) is 62.5 Å². The minimum absolute atomic E-state index is 0.0484. The summed E-state index contributed by atoms with van der Waals surface area (Å²) in [6.07, 6.45) is 5.54. The summed E-state index contributed by atoms with van der Waals surface area (Å²) < 4.78 is 23.8. The van der Waals surface area contributed by atoms with Crippen LogP contribution in [0, 0.1) is 5.82 Å². The average Bonchev–Trinajstić information content (AvgIpc) is 3.75. The lowest BCUT2D eigenvalue weighted by Gasteiger charge is -2.34. The van der Waals surface area contributed by atoms with Crippen molar-refractivity contribution in [1.29, 1.82) is 0 Å². The van der Waals surface area contributed by atoms with Gasteiger partial charge in [0.1, 0.15) is 29.8 Å². The largest absolute Gasteiger partial charge is 0.386 e. The number of carbonyl (C=O) groups excluding carboxylic acids is 1. The van der Waals surface area contributed by atoms with E-state index in [0.717, 1.165) is 22.3 Å². The van der Waals surface area contributed by atoms with Gasteiger partial charge in [-0.3, -0.25) is 4.79 Å². The highest BCUT2D eigenvalue weighted by atomic mass is 19.1. The van der Waals surface area contributed by atoms with Crippen LogP contribution < -0.4 is 15.5 Å². The van der Waals surface area contributed by atoms with Crippen molar-refractivity contribution < 1.29 is 13.9 Å². The lowest BCUT2D eigenvalue weighted by molar-refractivity contribution is -0.132. The van der Waals surface area contributed by atoms with E-state index >= 15 is 0 Å². The second-order valence-electron chi connectivity index (χ2n) is 11.8. The quantitative estimate of drug-likeness (QED) is 0.276. The predicted molar refractivity (Wildman–Crippen MR) is 187 cm³/mol. The Balaban J connectivity index is 1.27. The summed E-state index contributed by atoms with van der Waals surface area (Å²) in [6.45, 7) is 4.79. The van der Waals surface area contributed by atoms with E-state index in [4.69, 9.17) is 14.7 Å². The topological polar surface area (TPSA) is 131 Å². The Morgan fingerprint density at radius 3 is 2.76 bits per heavy atom. The van der Waals surface area contributed by atoms with Crippen molar-refractivity contribution in [3.05, 3.63) is 79.3 Å². The van der Waals surface area contributed by atoms with Crippen molar-refractivity contribution in [3.63, 3.8) is 0 Å². The molecule has 0 saturated heterocycles. The molecule has 0 aliphatic carbocycles. The van der Waals surface area contributed by atoms with Gasteiger partial charge in [-0.1, -0.05) is 25.1 Å². The van der Waals surface area contributed by atoms with Crippen LogP contribution in [0.4, 0.5) is 21.7 Å². The molecule has 252 valence electrons. The van der Waals surface area contributed by atoms with Crippen LogP contribution in [0.5, 0.6) is 0 Å². The van der Waals surface area contributed by atoms with Crippen molar-refractivity contribution in [1.82, 2.24) is 39.2 Å². The first kappa shape index (κ1) is 31.9. The van der Waals surface area contributed by atoms with Gasteiger partial charge < -0.3 is 29.7 Å². The number of hydrogen-bond donors (Lipinski definition) is 2. The Morgan fingerprint density at radius 2 is 1.90 bits per heavy atom. The first-order chi connectivity index (χ1) is 24.0. The maximum atomic E-state index is 14.1. The van der Waals surface area contributed by atoms with Crippen LogP contribution in [0.25, 0.3) is 39.0 Å². The maximum absolute atomic E-state index is 14.1. The number of benzene rings is 2. The lowest BCUT2D eigenvalue weighted by atomic mass is 10.1. The van der Waals surface area contributed by atoms with Crippen molar-refractivity contribution in [3.8, 4) is 16.9 Å². The second kappa shape index (κ2) is 13.8. The highest BCUT2D eigenvalue weighted by Gasteiger charge is 2.30. The molecular formula is C35H38FN11O2. The Bertz CT molecular complexity index is 2110. The average molecular weight is 664 g/mol. The van der Waals surface area contributed by atoms with Crippen molar-refractivity contribution in [2.24, 2.45) is 0 Å². The Hall–Kier alpha value is -5.63. The third-order valence-corrected chi connectivity index (χ3v) is 8.87. The van der Waals surface area contributed by atoms with Crippen molar-refractivity contribution in [2.45, 2.75) is 25.9 Å². The van der Waals surface area contributed by atoms with Crippen LogP contribution in [-0.4, -0.2) is 98.1 Å². The lowest BCUT2D eigenvalue weighted by Crippen LogP contribution is -2.50. The van der Waals surface area contributed by atoms with Crippen LogP contribution in [0.3, 0.4) is 0 Å². The Labute approximate surface area is 282 Å². The number of halogens is 1. The van der Waals surface area contributed by atoms with Crippen LogP contribution >= 0.6 is 0 Å². The highest BCUT2D eigenvalue weighted by Crippen LogP contribution is 2.31. The summed E-state index contributed by atoms with van der Waals surface area (Å²) in [6, 6.07) is 15.9. The van der Waals surface area contributed by atoms with Crippen LogP contribution in [0.1, 0.15) is 13.3 Å². The monoisotopic (exact) mass is 663 g/mol. The van der Waals surface area contributed by atoms with E-state index in [9.17, 15) is 9.18 Å². The zero-order valence-electron chi connectivity index (χ0n) is 27.7. The third kappa shape index (κ3) is 6.22. The molecule has 1 amide bonds. The molecule has 7 rings (SSSR count). The molecular weight excluding hydrogens is 625 g/mol. The molecule has 14 heteroatoms. The van der Waals surface area contributed by atoms with Crippen LogP contribution in [0.2, 0.25) is 0 Å². The fraction of sp³-hybridized carbons (Fsp3) is 0.314. The molecule has 1 aliphatic heterocycles. The fourth-order valence-corrected chi connectivity index (χ4v) is 6.39. The van der Waals surface area contributed by atoms with Gasteiger partial charge in [0.15, 0.2) is 5.65 Å². The maximum Gasteiger partial charge on any atom is 0.245 e. The summed E-state index contributed by atoms with van der Waals surface area (Å²) in [5.74, 6) is 0.871. The minimum Gasteiger partial charge on any atom is -0.386 e. The SMILES string of the molecule is CCC1C(=O)N(C)CCOCCn2cnc3cccc(c32)-c2cccc(n2)NCCN1c1ncnc2c1cnn2-c1ccc(F)cc1NC. The molecule has 0 spiro atoms. The molecule has 1 unspecified atom stereocenters. The number of fused-ring (bicyclic) bond motifs is 4. The zero-order valence-corrected chi connectivity index (χ0v) is 27.7. The van der Waals surface area contributed by atoms with E-state index in [0.29, 0.717) is 79.9 Å². The molecule has 1 aliphatic rings. The summed E-state index contributed by atoms with van der Waals surface area (Å²) in [4.78, 5) is 36.6. The molecule has 0 radical (unpaired) electrons. The molecule has 0 saturated carbocycles. The van der Waals surface area contributed by atoms with Gasteiger partial charge in [0.2, 0.25) is 5.91 Å². The first-order valence-electron chi connectivity index (χ1n) is 16.4. The normalized spacial score (nSPS) is 16.4. The number of anilines is 3. The van der Waals surface area contributed by atoms with Gasteiger partial charge in [-0.05, 0) is 42.8 Å². The number of hydrogen-bond acceptors (Lipinski definition) is 10. The van der Waals surface area contributed by atoms with E-state index < -0.39 is 6.04 Å². The number of nitrogens with zero attached hydrogens (tertiary/aromatic N) is 9. The van der Waals surface area contributed by atoms with Crippen LogP contribution in [-0.2, 0) is 16.1 Å². The standard InChI is InChI=1S/C35H38FN11O2/c1-4-29-35(48)44(3)15-17-49-18-16-45-22-41-27-9-5-7-24(32(27)45)26-8-6-10-31(43-26)38-13-14-46(29)33-25-20-42-47(34(25)40-21-39-33)30-12-11-23(36)19-28(30)37-2/h5-12,19-22,29,37H,4,13-18H2,1-3H3,(H,38,43).